The van der Waals surface area contributed by atoms with Gasteiger partial charge in [0.1, 0.15) is 12.1 Å². The molecule has 0 unspecified atom stereocenters. The number of hydrogen-bond acceptors (Lipinski definition) is 6. The van der Waals surface area contributed by atoms with E-state index >= 15 is 0 Å². The minimum atomic E-state index is -0.341. The van der Waals surface area contributed by atoms with E-state index in [1.165, 1.54) is 25.9 Å². The molecule has 164 valence electrons. The Balaban J connectivity index is 1.60. The molecule has 2 heterocycles. The summed E-state index contributed by atoms with van der Waals surface area (Å²) in [5, 5.41) is 7.38. The van der Waals surface area contributed by atoms with E-state index < -0.39 is 0 Å². The molecule has 0 spiro atoms. The lowest BCUT2D eigenvalue weighted by molar-refractivity contribution is -0.116. The summed E-state index contributed by atoms with van der Waals surface area (Å²) < 4.78 is 19.0. The zero-order valence-corrected chi connectivity index (χ0v) is 17.9. The maximum atomic E-state index is 13.1. The van der Waals surface area contributed by atoms with Crippen LogP contribution in [-0.4, -0.2) is 41.4 Å². The number of methoxy groups -OCH3 is 3. The zero-order chi connectivity index (χ0) is 22.0. The number of aryl methyl sites for hydroxylation is 2. The highest BCUT2D eigenvalue weighted by molar-refractivity contribution is 5.91. The zero-order valence-electron chi connectivity index (χ0n) is 17.9. The van der Waals surface area contributed by atoms with Crippen molar-refractivity contribution in [3.05, 3.63) is 46.1 Å². The van der Waals surface area contributed by atoms with Crippen LogP contribution >= 0.6 is 0 Å². The third-order valence-electron chi connectivity index (χ3n) is 5.55. The Hall–Kier alpha value is -3.49. The number of aromatic nitrogens is 3. The largest absolute Gasteiger partial charge is 0.493 e. The van der Waals surface area contributed by atoms with Gasteiger partial charge >= 0.3 is 0 Å². The van der Waals surface area contributed by atoms with Crippen molar-refractivity contribution in [1.82, 2.24) is 14.2 Å². The third kappa shape index (κ3) is 3.95. The summed E-state index contributed by atoms with van der Waals surface area (Å²) in [6, 6.07) is 3.28. The topological polar surface area (TPSA) is 96.1 Å². The van der Waals surface area contributed by atoms with E-state index in [1.54, 1.807) is 29.0 Å². The van der Waals surface area contributed by atoms with Crippen LogP contribution in [0.5, 0.6) is 17.2 Å². The summed E-state index contributed by atoms with van der Waals surface area (Å²) in [5.41, 5.74) is 2.85. The predicted molar refractivity (Wildman–Crippen MR) is 115 cm³/mol. The van der Waals surface area contributed by atoms with Crippen molar-refractivity contribution in [1.29, 1.82) is 0 Å². The van der Waals surface area contributed by atoms with Gasteiger partial charge in [-0.2, -0.15) is 5.10 Å². The van der Waals surface area contributed by atoms with Crippen LogP contribution in [0.3, 0.4) is 0 Å². The molecule has 3 aromatic rings. The van der Waals surface area contributed by atoms with Crippen LogP contribution in [0, 0.1) is 0 Å². The number of benzene rings is 1. The molecule has 9 heteroatoms. The molecule has 0 aliphatic heterocycles. The second-order valence-electron chi connectivity index (χ2n) is 7.47. The fourth-order valence-corrected chi connectivity index (χ4v) is 4.07. The summed E-state index contributed by atoms with van der Waals surface area (Å²) in [4.78, 5) is 25.8. The highest BCUT2D eigenvalue weighted by atomic mass is 16.5. The van der Waals surface area contributed by atoms with Crippen LogP contribution in [-0.2, 0) is 24.2 Å². The molecule has 31 heavy (non-hydrogen) atoms. The lowest BCUT2D eigenvalue weighted by Crippen LogP contribution is -2.28. The number of hydrogen-bond donors (Lipinski definition) is 1. The summed E-state index contributed by atoms with van der Waals surface area (Å²) >= 11 is 0. The van der Waals surface area contributed by atoms with E-state index in [2.05, 4.69) is 10.4 Å². The molecule has 1 amide bonds. The van der Waals surface area contributed by atoms with E-state index in [1.807, 2.05) is 0 Å². The molecule has 0 saturated heterocycles. The Labute approximate surface area is 179 Å². The summed E-state index contributed by atoms with van der Waals surface area (Å²) in [6.07, 6.45) is 8.33. The minimum Gasteiger partial charge on any atom is -0.493 e. The molecule has 0 radical (unpaired) electrons. The SMILES string of the molecule is COc1cc(NC(=O)Cn2ccn3nc4c(c3c2=O)CCCCC4)cc(OC)c1OC. The quantitative estimate of drug-likeness (QED) is 0.608. The second kappa shape index (κ2) is 8.71. The third-order valence-corrected chi connectivity index (χ3v) is 5.55. The van der Waals surface area contributed by atoms with Crippen LogP contribution in [0.1, 0.15) is 30.5 Å². The van der Waals surface area contributed by atoms with Gasteiger partial charge in [-0.25, -0.2) is 4.52 Å². The Morgan fingerprint density at radius 1 is 1.03 bits per heavy atom. The maximum absolute atomic E-state index is 13.1. The van der Waals surface area contributed by atoms with Crippen molar-refractivity contribution >= 4 is 17.1 Å². The van der Waals surface area contributed by atoms with Gasteiger partial charge in [-0.3, -0.25) is 9.59 Å². The van der Waals surface area contributed by atoms with Crippen molar-refractivity contribution < 1.29 is 19.0 Å². The van der Waals surface area contributed by atoms with Crippen LogP contribution in [0.4, 0.5) is 5.69 Å². The summed E-state index contributed by atoms with van der Waals surface area (Å²) in [7, 11) is 4.52. The average Bonchev–Trinajstić information content (AvgIpc) is 2.97. The lowest BCUT2D eigenvalue weighted by Gasteiger charge is -2.15. The van der Waals surface area contributed by atoms with E-state index in [0.29, 0.717) is 28.5 Å². The molecule has 4 rings (SSSR count). The summed E-state index contributed by atoms with van der Waals surface area (Å²) in [6.45, 7) is -0.119. The first-order chi connectivity index (χ1) is 15.0. The number of rotatable bonds is 6. The first-order valence-electron chi connectivity index (χ1n) is 10.2. The Morgan fingerprint density at radius 2 is 1.74 bits per heavy atom. The van der Waals surface area contributed by atoms with Crippen molar-refractivity contribution in [3.63, 3.8) is 0 Å². The number of nitrogens with one attached hydrogen (secondary N) is 1. The number of carbonyl (C=O) groups excluding carboxylic acids is 1. The molecule has 0 bridgehead atoms. The van der Waals surface area contributed by atoms with E-state index in [4.69, 9.17) is 14.2 Å². The number of carbonyl (C=O) groups is 1. The first kappa shape index (κ1) is 20.8. The molecule has 9 nitrogen and oxygen atoms in total. The smallest absolute Gasteiger partial charge is 0.277 e. The van der Waals surface area contributed by atoms with Crippen molar-refractivity contribution in [2.45, 2.75) is 38.6 Å². The van der Waals surface area contributed by atoms with E-state index in [9.17, 15) is 9.59 Å². The second-order valence-corrected chi connectivity index (χ2v) is 7.47. The first-order valence-corrected chi connectivity index (χ1v) is 10.2. The number of fused-ring (bicyclic) bond motifs is 3. The van der Waals surface area contributed by atoms with Gasteiger partial charge < -0.3 is 24.1 Å². The van der Waals surface area contributed by atoms with Gasteiger partial charge in [0.25, 0.3) is 5.56 Å². The van der Waals surface area contributed by atoms with Crippen molar-refractivity contribution in [2.24, 2.45) is 0 Å². The monoisotopic (exact) mass is 426 g/mol. The molecule has 0 atom stereocenters. The molecular weight excluding hydrogens is 400 g/mol. The van der Waals surface area contributed by atoms with Gasteiger partial charge in [0.2, 0.25) is 11.7 Å². The molecule has 2 aromatic heterocycles. The lowest BCUT2D eigenvalue weighted by atomic mass is 10.1. The van der Waals surface area contributed by atoms with E-state index in [0.717, 1.165) is 43.4 Å². The van der Waals surface area contributed by atoms with Gasteiger partial charge in [0.05, 0.1) is 27.0 Å². The van der Waals surface area contributed by atoms with Crippen LogP contribution in [0.2, 0.25) is 0 Å². The van der Waals surface area contributed by atoms with Crippen molar-refractivity contribution in [2.75, 3.05) is 26.6 Å². The van der Waals surface area contributed by atoms with Crippen molar-refractivity contribution in [3.8, 4) is 17.2 Å². The number of anilines is 1. The van der Waals surface area contributed by atoms with Gasteiger partial charge in [0, 0.05) is 35.8 Å². The molecule has 1 aromatic carbocycles. The fraction of sp³-hybridized carbons (Fsp3) is 0.409. The molecule has 1 aliphatic carbocycles. The predicted octanol–water partition coefficient (Wildman–Crippen LogP) is 2.43. The van der Waals surface area contributed by atoms with Crippen LogP contribution in [0.15, 0.2) is 29.3 Å². The maximum Gasteiger partial charge on any atom is 0.277 e. The minimum absolute atomic E-state index is 0.119. The van der Waals surface area contributed by atoms with Gasteiger partial charge in [-0.05, 0) is 25.7 Å². The Kier molecular flexibility index (Phi) is 5.83. The highest BCUT2D eigenvalue weighted by Crippen LogP contribution is 2.39. The highest BCUT2D eigenvalue weighted by Gasteiger charge is 2.20. The number of nitrogens with zero attached hydrogens (tertiary/aromatic N) is 3. The summed E-state index contributed by atoms with van der Waals surface area (Å²) in [5.74, 6) is 0.952. The van der Waals surface area contributed by atoms with Gasteiger partial charge in [0.15, 0.2) is 11.5 Å². The van der Waals surface area contributed by atoms with Crippen LogP contribution < -0.4 is 25.1 Å². The number of amides is 1. The molecular formula is C22H26N4O5. The standard InChI is InChI=1S/C22H26N4O5/c1-29-17-11-14(12-18(30-2)21(17)31-3)23-19(27)13-25-9-10-26-20(22(25)28)15-7-5-4-6-8-16(15)24-26/h9-12H,4-8,13H2,1-3H3,(H,23,27). The fourth-order valence-electron chi connectivity index (χ4n) is 4.07. The Morgan fingerprint density at radius 3 is 2.42 bits per heavy atom. The molecule has 1 N–H and O–H groups in total. The van der Waals surface area contributed by atoms with E-state index in [-0.39, 0.29) is 18.0 Å². The number of ether oxygens (including phenoxy) is 3. The van der Waals surface area contributed by atoms with Gasteiger partial charge in [-0.1, -0.05) is 6.42 Å². The molecule has 0 saturated carbocycles. The molecule has 1 aliphatic rings. The van der Waals surface area contributed by atoms with Gasteiger partial charge in [-0.15, -0.1) is 0 Å². The normalized spacial score (nSPS) is 13.4. The Bertz CT molecular complexity index is 1160. The van der Waals surface area contributed by atoms with Crippen LogP contribution in [0.25, 0.3) is 5.52 Å². The molecule has 0 fully saturated rings. The average molecular weight is 426 g/mol.